The third-order valence-corrected chi connectivity index (χ3v) is 5.43. The molecule has 2 aromatic carbocycles. The number of rotatable bonds is 8. The van der Waals surface area contributed by atoms with E-state index in [-0.39, 0.29) is 16.9 Å². The molecule has 32 heavy (non-hydrogen) atoms. The SMILES string of the molecule is CCCCN1C(=O)C(=O)/C(=C(/O)c2cc(F)ccc2OC)C1c1ccc(OC)c(OC)c1. The molecule has 0 bridgehead atoms. The molecule has 0 spiro atoms. The van der Waals surface area contributed by atoms with E-state index in [0.717, 1.165) is 12.5 Å². The number of aliphatic hydroxyl groups is 1. The van der Waals surface area contributed by atoms with E-state index in [9.17, 15) is 19.1 Å². The van der Waals surface area contributed by atoms with Crippen LogP contribution in [0.15, 0.2) is 42.0 Å². The van der Waals surface area contributed by atoms with Crippen LogP contribution >= 0.6 is 0 Å². The maximum Gasteiger partial charge on any atom is 0.295 e. The van der Waals surface area contributed by atoms with Gasteiger partial charge in [-0.1, -0.05) is 19.4 Å². The maximum absolute atomic E-state index is 14.0. The number of ketones is 1. The molecule has 1 heterocycles. The number of nitrogens with zero attached hydrogens (tertiary/aromatic N) is 1. The zero-order valence-electron chi connectivity index (χ0n) is 18.5. The topological polar surface area (TPSA) is 85.3 Å². The van der Waals surface area contributed by atoms with Crippen molar-refractivity contribution in [3.8, 4) is 17.2 Å². The molecule has 3 rings (SSSR count). The fraction of sp³-hybridized carbons (Fsp3) is 0.333. The Labute approximate surface area is 186 Å². The first-order valence-electron chi connectivity index (χ1n) is 10.2. The Hall–Kier alpha value is -3.55. The number of ether oxygens (including phenoxy) is 3. The van der Waals surface area contributed by atoms with Crippen molar-refractivity contribution in [1.82, 2.24) is 4.90 Å². The molecular formula is C24H26FNO6. The van der Waals surface area contributed by atoms with Crippen molar-refractivity contribution in [2.45, 2.75) is 25.8 Å². The van der Waals surface area contributed by atoms with E-state index in [2.05, 4.69) is 0 Å². The van der Waals surface area contributed by atoms with Gasteiger partial charge in [-0.05, 0) is 42.3 Å². The first kappa shape index (κ1) is 23.1. The lowest BCUT2D eigenvalue weighted by Crippen LogP contribution is -2.30. The van der Waals surface area contributed by atoms with Crippen molar-refractivity contribution >= 4 is 17.4 Å². The summed E-state index contributed by atoms with van der Waals surface area (Å²) in [6.07, 6.45) is 1.47. The highest BCUT2D eigenvalue weighted by Crippen LogP contribution is 2.43. The third-order valence-electron chi connectivity index (χ3n) is 5.43. The minimum absolute atomic E-state index is 0.00790. The normalized spacial score (nSPS) is 17.5. The lowest BCUT2D eigenvalue weighted by atomic mass is 9.94. The second-order valence-electron chi connectivity index (χ2n) is 7.31. The van der Waals surface area contributed by atoms with Crippen LogP contribution < -0.4 is 14.2 Å². The van der Waals surface area contributed by atoms with Crippen LogP contribution in [0.1, 0.15) is 36.9 Å². The van der Waals surface area contributed by atoms with E-state index >= 15 is 0 Å². The summed E-state index contributed by atoms with van der Waals surface area (Å²) in [5.41, 5.74) is 0.406. The number of hydrogen-bond acceptors (Lipinski definition) is 6. The van der Waals surface area contributed by atoms with Crippen LogP contribution in [0, 0.1) is 5.82 Å². The van der Waals surface area contributed by atoms with Gasteiger partial charge in [-0.3, -0.25) is 9.59 Å². The summed E-state index contributed by atoms with van der Waals surface area (Å²) in [7, 11) is 4.35. The molecule has 1 amide bonds. The molecule has 1 atom stereocenters. The highest BCUT2D eigenvalue weighted by Gasteiger charge is 2.46. The summed E-state index contributed by atoms with van der Waals surface area (Å²) < 4.78 is 29.9. The van der Waals surface area contributed by atoms with E-state index in [1.54, 1.807) is 18.2 Å². The van der Waals surface area contributed by atoms with Crippen LogP contribution in [0.4, 0.5) is 4.39 Å². The predicted octanol–water partition coefficient (Wildman–Crippen LogP) is 4.07. The number of methoxy groups -OCH3 is 3. The maximum atomic E-state index is 14.0. The van der Waals surface area contributed by atoms with Gasteiger partial charge in [0.15, 0.2) is 11.5 Å². The van der Waals surface area contributed by atoms with Gasteiger partial charge in [-0.2, -0.15) is 0 Å². The Morgan fingerprint density at radius 2 is 1.66 bits per heavy atom. The summed E-state index contributed by atoms with van der Waals surface area (Å²) in [6.45, 7) is 2.29. The Morgan fingerprint density at radius 1 is 1.00 bits per heavy atom. The molecular weight excluding hydrogens is 417 g/mol. The summed E-state index contributed by atoms with van der Waals surface area (Å²) in [4.78, 5) is 27.4. The van der Waals surface area contributed by atoms with Crippen molar-refractivity contribution in [2.75, 3.05) is 27.9 Å². The van der Waals surface area contributed by atoms with Crippen molar-refractivity contribution in [1.29, 1.82) is 0 Å². The highest BCUT2D eigenvalue weighted by molar-refractivity contribution is 6.46. The molecule has 8 heteroatoms. The Bertz CT molecular complexity index is 1060. The number of halogens is 1. The minimum Gasteiger partial charge on any atom is -0.507 e. The van der Waals surface area contributed by atoms with Crippen molar-refractivity contribution in [2.24, 2.45) is 0 Å². The largest absolute Gasteiger partial charge is 0.507 e. The van der Waals surface area contributed by atoms with Crippen molar-refractivity contribution in [3.63, 3.8) is 0 Å². The summed E-state index contributed by atoms with van der Waals surface area (Å²) in [5, 5.41) is 11.1. The predicted molar refractivity (Wildman–Crippen MR) is 116 cm³/mol. The zero-order valence-corrected chi connectivity index (χ0v) is 18.5. The summed E-state index contributed by atoms with van der Waals surface area (Å²) in [6, 6.07) is 7.74. The number of benzene rings is 2. The van der Waals surface area contributed by atoms with Crippen LogP contribution in [0.3, 0.4) is 0 Å². The van der Waals surface area contributed by atoms with Crippen molar-refractivity contribution in [3.05, 3.63) is 58.9 Å². The number of amides is 1. The van der Waals surface area contributed by atoms with Gasteiger partial charge in [-0.25, -0.2) is 4.39 Å². The fourth-order valence-corrected chi connectivity index (χ4v) is 3.82. The van der Waals surface area contributed by atoms with Crippen LogP contribution in [0.5, 0.6) is 17.2 Å². The number of aliphatic hydroxyl groups excluding tert-OH is 1. The molecule has 1 fully saturated rings. The highest BCUT2D eigenvalue weighted by atomic mass is 19.1. The van der Waals surface area contributed by atoms with E-state index in [0.29, 0.717) is 30.0 Å². The quantitative estimate of drug-likeness (QED) is 0.376. The molecule has 1 unspecified atom stereocenters. The van der Waals surface area contributed by atoms with Gasteiger partial charge in [0.1, 0.15) is 17.3 Å². The van der Waals surface area contributed by atoms with Crippen LogP contribution in [0.2, 0.25) is 0 Å². The molecule has 0 aliphatic carbocycles. The number of likely N-dealkylation sites (tertiary alicyclic amines) is 1. The van der Waals surface area contributed by atoms with Crippen molar-refractivity contribution < 1.29 is 33.3 Å². The Balaban J connectivity index is 2.25. The van der Waals surface area contributed by atoms with Gasteiger partial charge in [0.2, 0.25) is 0 Å². The number of hydrogen-bond donors (Lipinski definition) is 1. The standard InChI is InChI=1S/C24H26FNO6/c1-5-6-11-26-21(14-7-9-18(31-3)19(12-14)32-4)20(23(28)24(26)29)22(27)16-13-15(25)8-10-17(16)30-2/h7-10,12-13,21,27H,5-6,11H2,1-4H3/b22-20+. The zero-order chi connectivity index (χ0) is 23.4. The average Bonchev–Trinajstić information content (AvgIpc) is 3.06. The fourth-order valence-electron chi connectivity index (χ4n) is 3.82. The van der Waals surface area contributed by atoms with E-state index in [1.165, 1.54) is 38.4 Å². The van der Waals surface area contributed by atoms with Gasteiger partial charge in [-0.15, -0.1) is 0 Å². The molecule has 1 aliphatic heterocycles. The third kappa shape index (κ3) is 4.12. The number of carbonyl (C=O) groups is 2. The number of Topliss-reactive ketones (excluding diaryl/α,β-unsaturated/α-hetero) is 1. The second kappa shape index (κ2) is 9.72. The molecule has 1 N–H and O–H groups in total. The van der Waals surface area contributed by atoms with E-state index in [4.69, 9.17) is 14.2 Å². The van der Waals surface area contributed by atoms with E-state index in [1.807, 2.05) is 6.92 Å². The molecule has 170 valence electrons. The lowest BCUT2D eigenvalue weighted by molar-refractivity contribution is -0.139. The van der Waals surface area contributed by atoms with Gasteiger partial charge in [0.05, 0.1) is 38.5 Å². The van der Waals surface area contributed by atoms with Gasteiger partial charge in [0.25, 0.3) is 11.7 Å². The molecule has 1 saturated heterocycles. The Morgan fingerprint density at radius 3 is 2.28 bits per heavy atom. The molecule has 1 aliphatic rings. The second-order valence-corrected chi connectivity index (χ2v) is 7.31. The average molecular weight is 443 g/mol. The number of carbonyl (C=O) groups excluding carboxylic acids is 2. The van der Waals surface area contributed by atoms with E-state index < -0.39 is 29.3 Å². The smallest absolute Gasteiger partial charge is 0.295 e. The van der Waals surface area contributed by atoms with Gasteiger partial charge >= 0.3 is 0 Å². The van der Waals surface area contributed by atoms with Gasteiger partial charge in [0, 0.05) is 6.54 Å². The van der Waals surface area contributed by atoms with Crippen LogP contribution in [-0.2, 0) is 9.59 Å². The first-order chi connectivity index (χ1) is 15.4. The molecule has 0 radical (unpaired) electrons. The minimum atomic E-state index is -0.880. The molecule has 0 saturated carbocycles. The molecule has 7 nitrogen and oxygen atoms in total. The monoisotopic (exact) mass is 443 g/mol. The summed E-state index contributed by atoms with van der Waals surface area (Å²) in [5.74, 6) is -1.62. The molecule has 0 aromatic heterocycles. The lowest BCUT2D eigenvalue weighted by Gasteiger charge is -2.26. The summed E-state index contributed by atoms with van der Waals surface area (Å²) >= 11 is 0. The van der Waals surface area contributed by atoms with Gasteiger partial charge < -0.3 is 24.2 Å². The number of unbranched alkanes of at least 4 members (excludes halogenated alkanes) is 1. The van der Waals surface area contributed by atoms with Crippen LogP contribution in [0.25, 0.3) is 5.76 Å². The first-order valence-corrected chi connectivity index (χ1v) is 10.2. The van der Waals surface area contributed by atoms with Crippen LogP contribution in [-0.4, -0.2) is 49.6 Å². The molecule has 2 aromatic rings. The Kier molecular flexibility index (Phi) is 7.02.